The Hall–Kier alpha value is -2.82. The van der Waals surface area contributed by atoms with E-state index in [0.29, 0.717) is 28.2 Å². The number of carbonyl (C=O) groups excluding carboxylic acids is 2. The third-order valence-corrected chi connectivity index (χ3v) is 3.72. The van der Waals surface area contributed by atoms with Gasteiger partial charge < -0.3 is 14.2 Å². The molecule has 1 atom stereocenters. The molecule has 5 heteroatoms. The second-order valence-electron chi connectivity index (χ2n) is 4.84. The van der Waals surface area contributed by atoms with Crippen molar-refractivity contribution < 1.29 is 23.8 Å². The molecule has 0 N–H and O–H groups in total. The molecule has 1 unspecified atom stereocenters. The third kappa shape index (κ3) is 1.40. The monoisotopic (exact) mass is 282 g/mol. The van der Waals surface area contributed by atoms with Crippen molar-refractivity contribution in [3.8, 4) is 11.5 Å². The van der Waals surface area contributed by atoms with Crippen molar-refractivity contribution in [3.05, 3.63) is 59.2 Å². The summed E-state index contributed by atoms with van der Waals surface area (Å²) in [6, 6.07) is 11.6. The fourth-order valence-electron chi connectivity index (χ4n) is 2.71. The normalized spacial score (nSPS) is 21.8. The maximum absolute atomic E-state index is 12.7. The van der Waals surface area contributed by atoms with Gasteiger partial charge in [-0.25, -0.2) is 4.79 Å². The van der Waals surface area contributed by atoms with Gasteiger partial charge in [-0.1, -0.05) is 12.1 Å². The van der Waals surface area contributed by atoms with Crippen molar-refractivity contribution in [2.45, 2.75) is 5.79 Å². The van der Waals surface area contributed by atoms with Gasteiger partial charge in [0.15, 0.2) is 0 Å². The van der Waals surface area contributed by atoms with Crippen molar-refractivity contribution in [2.24, 2.45) is 0 Å². The first-order valence-corrected chi connectivity index (χ1v) is 6.40. The summed E-state index contributed by atoms with van der Waals surface area (Å²) in [5, 5.41) is 0. The van der Waals surface area contributed by atoms with E-state index in [-0.39, 0.29) is 5.78 Å². The summed E-state index contributed by atoms with van der Waals surface area (Å²) in [4.78, 5) is 24.7. The molecule has 0 saturated heterocycles. The number of hydrogen-bond acceptors (Lipinski definition) is 5. The Labute approximate surface area is 120 Å². The summed E-state index contributed by atoms with van der Waals surface area (Å²) in [6.45, 7) is 0. The van der Waals surface area contributed by atoms with Crippen molar-refractivity contribution >= 4 is 11.8 Å². The first kappa shape index (κ1) is 12.0. The number of esters is 1. The zero-order chi connectivity index (χ0) is 14.6. The summed E-state index contributed by atoms with van der Waals surface area (Å²) in [7, 11) is 1.53. The number of hydrogen-bond donors (Lipinski definition) is 0. The third-order valence-electron chi connectivity index (χ3n) is 3.72. The van der Waals surface area contributed by atoms with Crippen LogP contribution in [0.2, 0.25) is 0 Å². The Bertz CT molecular complexity index is 795. The van der Waals surface area contributed by atoms with E-state index in [1.165, 1.54) is 7.11 Å². The maximum Gasteiger partial charge on any atom is 0.347 e. The highest BCUT2D eigenvalue weighted by atomic mass is 16.7. The molecule has 104 valence electrons. The Balaban J connectivity index is 1.90. The lowest BCUT2D eigenvalue weighted by Crippen LogP contribution is -2.37. The molecule has 4 rings (SSSR count). The Morgan fingerprint density at radius 1 is 1.00 bits per heavy atom. The van der Waals surface area contributed by atoms with Crippen molar-refractivity contribution in [1.29, 1.82) is 0 Å². The van der Waals surface area contributed by atoms with Gasteiger partial charge in [-0.05, 0) is 24.3 Å². The van der Waals surface area contributed by atoms with Gasteiger partial charge in [-0.2, -0.15) is 0 Å². The van der Waals surface area contributed by atoms with Gasteiger partial charge in [-0.15, -0.1) is 0 Å². The molecule has 1 spiro atoms. The lowest BCUT2D eigenvalue weighted by molar-refractivity contribution is -0.0978. The molecule has 2 aromatic carbocycles. The molecule has 0 radical (unpaired) electrons. The number of rotatable bonds is 1. The van der Waals surface area contributed by atoms with Crippen LogP contribution in [0.3, 0.4) is 0 Å². The number of ether oxygens (including phenoxy) is 3. The molecule has 2 aliphatic heterocycles. The van der Waals surface area contributed by atoms with E-state index in [4.69, 9.17) is 14.2 Å². The molecule has 0 bridgehead atoms. The van der Waals surface area contributed by atoms with E-state index in [0.717, 1.165) is 0 Å². The van der Waals surface area contributed by atoms with Crippen LogP contribution in [0.25, 0.3) is 0 Å². The lowest BCUT2D eigenvalue weighted by atomic mass is 9.97. The number of fused-ring (bicyclic) bond motifs is 3. The van der Waals surface area contributed by atoms with Crippen LogP contribution in [0, 0.1) is 0 Å². The highest BCUT2D eigenvalue weighted by Crippen LogP contribution is 2.47. The molecule has 5 nitrogen and oxygen atoms in total. The van der Waals surface area contributed by atoms with Gasteiger partial charge in [0.1, 0.15) is 11.5 Å². The molecule has 21 heavy (non-hydrogen) atoms. The minimum atomic E-state index is -1.69. The van der Waals surface area contributed by atoms with Gasteiger partial charge >= 0.3 is 11.8 Å². The fourth-order valence-corrected chi connectivity index (χ4v) is 2.71. The predicted octanol–water partition coefficient (Wildman–Crippen LogP) is 2.29. The minimum Gasteiger partial charge on any atom is -0.497 e. The molecule has 0 saturated carbocycles. The molecule has 2 aromatic rings. The first-order valence-electron chi connectivity index (χ1n) is 6.40. The zero-order valence-corrected chi connectivity index (χ0v) is 11.1. The molecule has 0 fully saturated rings. The summed E-state index contributed by atoms with van der Waals surface area (Å²) >= 11 is 0. The van der Waals surface area contributed by atoms with E-state index in [1.54, 1.807) is 42.5 Å². The second kappa shape index (κ2) is 3.85. The van der Waals surface area contributed by atoms with Crippen LogP contribution >= 0.6 is 0 Å². The van der Waals surface area contributed by atoms with Gasteiger partial charge in [0.2, 0.25) is 0 Å². The number of benzene rings is 2. The van der Waals surface area contributed by atoms with Gasteiger partial charge in [0, 0.05) is 6.07 Å². The van der Waals surface area contributed by atoms with Crippen molar-refractivity contribution in [1.82, 2.24) is 0 Å². The zero-order valence-electron chi connectivity index (χ0n) is 11.1. The van der Waals surface area contributed by atoms with E-state index < -0.39 is 11.8 Å². The molecule has 2 heterocycles. The van der Waals surface area contributed by atoms with E-state index in [2.05, 4.69) is 0 Å². The first-order chi connectivity index (χ1) is 10.2. The van der Waals surface area contributed by atoms with Crippen LogP contribution in [-0.4, -0.2) is 18.9 Å². The van der Waals surface area contributed by atoms with Gasteiger partial charge in [0.25, 0.3) is 5.78 Å². The summed E-state index contributed by atoms with van der Waals surface area (Å²) < 4.78 is 16.1. The average Bonchev–Trinajstić information content (AvgIpc) is 2.95. The van der Waals surface area contributed by atoms with Crippen LogP contribution in [0.15, 0.2) is 42.5 Å². The van der Waals surface area contributed by atoms with Gasteiger partial charge in [-0.3, -0.25) is 4.79 Å². The second-order valence-corrected chi connectivity index (χ2v) is 4.84. The Kier molecular flexibility index (Phi) is 2.19. The highest BCUT2D eigenvalue weighted by Gasteiger charge is 2.58. The van der Waals surface area contributed by atoms with Crippen LogP contribution in [-0.2, 0) is 10.5 Å². The molecular weight excluding hydrogens is 272 g/mol. The molecular formula is C16H10O5. The SMILES string of the molecule is COc1ccc2c(c1)OC1(OC(=O)c3ccccc31)C2=O. The largest absolute Gasteiger partial charge is 0.497 e. The van der Waals surface area contributed by atoms with E-state index >= 15 is 0 Å². The Morgan fingerprint density at radius 3 is 2.62 bits per heavy atom. The quantitative estimate of drug-likeness (QED) is 0.751. The number of ketones is 1. The molecule has 0 amide bonds. The number of Topliss-reactive ketones (excluding diaryl/α,β-unsaturated/α-hetero) is 1. The van der Waals surface area contributed by atoms with Crippen molar-refractivity contribution in [2.75, 3.05) is 7.11 Å². The highest BCUT2D eigenvalue weighted by molar-refractivity contribution is 6.12. The summed E-state index contributed by atoms with van der Waals surface area (Å²) in [6.07, 6.45) is 0. The molecule has 0 aliphatic carbocycles. The Morgan fingerprint density at radius 2 is 1.81 bits per heavy atom. The maximum atomic E-state index is 12.7. The number of methoxy groups -OCH3 is 1. The van der Waals surface area contributed by atoms with Crippen LogP contribution in [0.1, 0.15) is 26.3 Å². The van der Waals surface area contributed by atoms with E-state index in [1.807, 2.05) is 0 Å². The summed E-state index contributed by atoms with van der Waals surface area (Å²) in [5.41, 5.74) is 1.17. The molecule has 2 aliphatic rings. The summed E-state index contributed by atoms with van der Waals surface area (Å²) in [5.74, 6) is -1.71. The fraction of sp³-hybridized carbons (Fsp3) is 0.125. The van der Waals surface area contributed by atoms with Crippen molar-refractivity contribution in [3.63, 3.8) is 0 Å². The smallest absolute Gasteiger partial charge is 0.347 e. The van der Waals surface area contributed by atoms with E-state index in [9.17, 15) is 9.59 Å². The molecule has 0 aromatic heterocycles. The van der Waals surface area contributed by atoms with Crippen LogP contribution in [0.5, 0.6) is 11.5 Å². The lowest BCUT2D eigenvalue weighted by Gasteiger charge is -2.20. The average molecular weight is 282 g/mol. The van der Waals surface area contributed by atoms with Crippen LogP contribution in [0.4, 0.5) is 0 Å². The van der Waals surface area contributed by atoms with Gasteiger partial charge in [0.05, 0.1) is 23.8 Å². The predicted molar refractivity (Wildman–Crippen MR) is 71.5 cm³/mol. The minimum absolute atomic E-state index is 0.351. The topological polar surface area (TPSA) is 61.8 Å². The standard InChI is InChI=1S/C16H10O5/c1-19-9-6-7-11-13(8-9)20-16(14(11)17)12-5-3-2-4-10(12)15(18)21-16/h2-8H,1H3. The van der Waals surface area contributed by atoms with Crippen LogP contribution < -0.4 is 9.47 Å². The number of carbonyl (C=O) groups is 2.